The Kier molecular flexibility index (Phi) is 8.40. The monoisotopic (exact) mass is 458 g/mol. The largest absolute Gasteiger partial charge is 0.376 e. The number of aryl methyl sites for hydroxylation is 1. The maximum Gasteiger partial charge on any atom is 0.255 e. The van der Waals surface area contributed by atoms with Gasteiger partial charge in [-0.3, -0.25) is 14.4 Å². The van der Waals surface area contributed by atoms with Crippen LogP contribution in [0.2, 0.25) is 0 Å². The van der Waals surface area contributed by atoms with E-state index in [2.05, 4.69) is 16.0 Å². The highest BCUT2D eigenvalue weighted by molar-refractivity contribution is 6.04. The van der Waals surface area contributed by atoms with Gasteiger partial charge in [-0.1, -0.05) is 17.7 Å². The molecule has 0 saturated heterocycles. The highest BCUT2D eigenvalue weighted by Gasteiger charge is 2.12. The fourth-order valence-corrected chi connectivity index (χ4v) is 3.44. The molecule has 0 unspecified atom stereocenters. The quantitative estimate of drug-likeness (QED) is 0.430. The summed E-state index contributed by atoms with van der Waals surface area (Å²) in [5.74, 6) is -0.401. The lowest BCUT2D eigenvalue weighted by Gasteiger charge is -2.18. The molecule has 3 amide bonds. The maximum atomic E-state index is 12.4. The Balaban J connectivity index is 1.48. The SMILES string of the molecule is CCN(CC)C(=O)c1ccc(NCC(=O)Nc2ccc(NC(=O)c3cccc(C)c3)cc2)cc1. The zero-order valence-corrected chi connectivity index (χ0v) is 19.7. The minimum absolute atomic E-state index is 0.00666. The summed E-state index contributed by atoms with van der Waals surface area (Å²) in [5.41, 5.74) is 4.24. The number of nitrogens with one attached hydrogen (secondary N) is 3. The highest BCUT2D eigenvalue weighted by atomic mass is 16.2. The van der Waals surface area contributed by atoms with Crippen molar-refractivity contribution >= 4 is 34.8 Å². The van der Waals surface area contributed by atoms with Crippen LogP contribution in [0.3, 0.4) is 0 Å². The smallest absolute Gasteiger partial charge is 0.255 e. The lowest BCUT2D eigenvalue weighted by atomic mass is 10.1. The van der Waals surface area contributed by atoms with E-state index in [0.29, 0.717) is 35.6 Å². The fourth-order valence-electron chi connectivity index (χ4n) is 3.44. The second-order valence-corrected chi connectivity index (χ2v) is 7.86. The molecule has 0 fully saturated rings. The third-order valence-electron chi connectivity index (χ3n) is 5.34. The Morgan fingerprint density at radius 2 is 1.32 bits per heavy atom. The summed E-state index contributed by atoms with van der Waals surface area (Å²) in [6, 6.07) is 21.4. The lowest BCUT2D eigenvalue weighted by Crippen LogP contribution is -2.30. The van der Waals surface area contributed by atoms with Crippen LogP contribution in [-0.2, 0) is 4.79 Å². The molecular weight excluding hydrogens is 428 g/mol. The van der Waals surface area contributed by atoms with Crippen LogP contribution in [0.15, 0.2) is 72.8 Å². The Bertz CT molecular complexity index is 1140. The first-order chi connectivity index (χ1) is 16.4. The van der Waals surface area contributed by atoms with E-state index in [4.69, 9.17) is 0 Å². The fraction of sp³-hybridized carbons (Fsp3) is 0.222. The molecular formula is C27H30N4O3. The first kappa shape index (κ1) is 24.5. The van der Waals surface area contributed by atoms with Crippen molar-refractivity contribution in [1.29, 1.82) is 0 Å². The molecule has 0 bridgehead atoms. The predicted molar refractivity (Wildman–Crippen MR) is 136 cm³/mol. The van der Waals surface area contributed by atoms with Crippen molar-refractivity contribution in [3.63, 3.8) is 0 Å². The van der Waals surface area contributed by atoms with Gasteiger partial charge in [0.05, 0.1) is 6.54 Å². The molecule has 3 aromatic rings. The molecule has 0 aromatic heterocycles. The van der Waals surface area contributed by atoms with Crippen molar-refractivity contribution in [3.05, 3.63) is 89.5 Å². The molecule has 0 spiro atoms. The molecule has 0 radical (unpaired) electrons. The summed E-state index contributed by atoms with van der Waals surface area (Å²) in [5, 5.41) is 8.72. The molecule has 0 aliphatic rings. The number of amides is 3. The topological polar surface area (TPSA) is 90.5 Å². The summed E-state index contributed by atoms with van der Waals surface area (Å²) < 4.78 is 0. The van der Waals surface area contributed by atoms with Gasteiger partial charge in [0, 0.05) is 41.3 Å². The summed E-state index contributed by atoms with van der Waals surface area (Å²) in [6.45, 7) is 7.24. The zero-order chi connectivity index (χ0) is 24.5. The van der Waals surface area contributed by atoms with Crippen molar-refractivity contribution in [2.24, 2.45) is 0 Å². The zero-order valence-electron chi connectivity index (χ0n) is 19.7. The van der Waals surface area contributed by atoms with Gasteiger partial charge in [-0.15, -0.1) is 0 Å². The van der Waals surface area contributed by atoms with Crippen LogP contribution in [0.1, 0.15) is 40.1 Å². The third-order valence-corrected chi connectivity index (χ3v) is 5.34. The summed E-state index contributed by atoms with van der Waals surface area (Å²) in [6.07, 6.45) is 0. The summed E-state index contributed by atoms with van der Waals surface area (Å²) in [4.78, 5) is 38.8. The van der Waals surface area contributed by atoms with E-state index in [-0.39, 0.29) is 24.3 Å². The van der Waals surface area contributed by atoms with Crippen LogP contribution in [-0.4, -0.2) is 42.3 Å². The molecule has 0 saturated carbocycles. The molecule has 7 heteroatoms. The van der Waals surface area contributed by atoms with Crippen LogP contribution in [0.5, 0.6) is 0 Å². The number of hydrogen-bond donors (Lipinski definition) is 3. The minimum atomic E-state index is -0.208. The lowest BCUT2D eigenvalue weighted by molar-refractivity contribution is -0.114. The Morgan fingerprint density at radius 1 is 0.735 bits per heavy atom. The van der Waals surface area contributed by atoms with E-state index in [1.165, 1.54) is 0 Å². The second kappa shape index (κ2) is 11.7. The van der Waals surface area contributed by atoms with Crippen molar-refractivity contribution in [3.8, 4) is 0 Å². The Labute approximate surface area is 200 Å². The van der Waals surface area contributed by atoms with Crippen molar-refractivity contribution in [2.75, 3.05) is 35.6 Å². The van der Waals surface area contributed by atoms with Gasteiger partial charge in [-0.05, 0) is 81.4 Å². The number of rotatable bonds is 9. The normalized spacial score (nSPS) is 10.3. The molecule has 3 rings (SSSR count). The first-order valence-electron chi connectivity index (χ1n) is 11.3. The summed E-state index contributed by atoms with van der Waals surface area (Å²) in [7, 11) is 0. The molecule has 34 heavy (non-hydrogen) atoms. The number of carbonyl (C=O) groups excluding carboxylic acids is 3. The van der Waals surface area contributed by atoms with Crippen molar-refractivity contribution in [2.45, 2.75) is 20.8 Å². The van der Waals surface area contributed by atoms with Gasteiger partial charge in [0.1, 0.15) is 0 Å². The second-order valence-electron chi connectivity index (χ2n) is 7.86. The van der Waals surface area contributed by atoms with Crippen molar-refractivity contribution in [1.82, 2.24) is 4.90 Å². The Morgan fingerprint density at radius 3 is 1.91 bits per heavy atom. The molecule has 7 nitrogen and oxygen atoms in total. The van der Waals surface area contributed by atoms with Gasteiger partial charge in [0.25, 0.3) is 11.8 Å². The average Bonchev–Trinajstić information content (AvgIpc) is 2.85. The number of hydrogen-bond acceptors (Lipinski definition) is 4. The van der Waals surface area contributed by atoms with E-state index in [0.717, 1.165) is 11.3 Å². The van der Waals surface area contributed by atoms with Gasteiger partial charge < -0.3 is 20.9 Å². The molecule has 0 aliphatic carbocycles. The number of nitrogens with zero attached hydrogens (tertiary/aromatic N) is 1. The predicted octanol–water partition coefficient (Wildman–Crippen LogP) is 4.78. The van der Waals surface area contributed by atoms with E-state index < -0.39 is 0 Å². The highest BCUT2D eigenvalue weighted by Crippen LogP contribution is 2.16. The average molecular weight is 459 g/mol. The van der Waals surface area contributed by atoms with Gasteiger partial charge in [-0.25, -0.2) is 0 Å². The number of benzene rings is 3. The molecule has 0 heterocycles. The molecule has 3 N–H and O–H groups in total. The Hall–Kier alpha value is -4.13. The summed E-state index contributed by atoms with van der Waals surface area (Å²) >= 11 is 0. The van der Waals surface area contributed by atoms with Crippen molar-refractivity contribution < 1.29 is 14.4 Å². The van der Waals surface area contributed by atoms with E-state index in [1.54, 1.807) is 59.5 Å². The van der Waals surface area contributed by atoms with E-state index in [1.807, 2.05) is 39.0 Å². The molecule has 3 aromatic carbocycles. The van der Waals surface area contributed by atoms with Gasteiger partial charge in [0.2, 0.25) is 5.91 Å². The van der Waals surface area contributed by atoms with Gasteiger partial charge in [0.15, 0.2) is 0 Å². The van der Waals surface area contributed by atoms with E-state index >= 15 is 0 Å². The van der Waals surface area contributed by atoms with Crippen LogP contribution in [0.4, 0.5) is 17.1 Å². The third kappa shape index (κ3) is 6.68. The molecule has 0 aliphatic heterocycles. The van der Waals surface area contributed by atoms with E-state index in [9.17, 15) is 14.4 Å². The van der Waals surface area contributed by atoms with Crippen LogP contribution in [0, 0.1) is 6.92 Å². The van der Waals surface area contributed by atoms with Gasteiger partial charge in [-0.2, -0.15) is 0 Å². The maximum absolute atomic E-state index is 12.4. The first-order valence-corrected chi connectivity index (χ1v) is 11.3. The standard InChI is InChI=1S/C27H30N4O3/c1-4-31(5-2)27(34)20-9-11-22(12-10-20)28-18-25(32)29-23-13-15-24(16-14-23)30-26(33)21-8-6-7-19(3)17-21/h6-17,28H,4-5,18H2,1-3H3,(H,29,32)(H,30,33). The van der Waals surface area contributed by atoms with Crippen LogP contribution < -0.4 is 16.0 Å². The van der Waals surface area contributed by atoms with Crippen LogP contribution in [0.25, 0.3) is 0 Å². The minimum Gasteiger partial charge on any atom is -0.376 e. The number of anilines is 3. The molecule has 176 valence electrons. The molecule has 0 atom stereocenters. The van der Waals surface area contributed by atoms with Gasteiger partial charge >= 0.3 is 0 Å². The number of carbonyl (C=O) groups is 3. The van der Waals surface area contributed by atoms with Crippen LogP contribution >= 0.6 is 0 Å².